The molecule has 0 bridgehead atoms. The van der Waals surface area contributed by atoms with Crippen molar-refractivity contribution in [2.24, 2.45) is 0 Å². The van der Waals surface area contributed by atoms with Crippen molar-refractivity contribution < 1.29 is 0 Å². The average molecular weight is 304 g/mol. The van der Waals surface area contributed by atoms with Gasteiger partial charge in [-0.3, -0.25) is 0 Å². The fraction of sp³-hybridized carbons (Fsp3) is 0.364. The molecular formula is C11H16N2Te. The van der Waals surface area contributed by atoms with E-state index in [2.05, 4.69) is 84.1 Å². The number of hydrogen-bond acceptors (Lipinski definition) is 2. The van der Waals surface area contributed by atoms with Crippen LogP contribution in [0.1, 0.15) is 5.56 Å². The number of rotatable bonds is 3. The topological polar surface area (TPSA) is 6.48 Å². The third-order valence-corrected chi connectivity index (χ3v) is 3.75. The Balaban J connectivity index is 2.89. The molecule has 0 atom stereocenters. The van der Waals surface area contributed by atoms with Gasteiger partial charge < -0.3 is 0 Å². The SMILES string of the molecule is CN(C)C(=[Te])c1ccc(N(C)C)cc1. The van der Waals surface area contributed by atoms with Gasteiger partial charge in [0.1, 0.15) is 0 Å². The minimum atomic E-state index is 1.24. The van der Waals surface area contributed by atoms with Gasteiger partial charge in [-0.2, -0.15) is 0 Å². The molecule has 0 radical (unpaired) electrons. The first-order valence-corrected chi connectivity index (χ1v) is 5.68. The van der Waals surface area contributed by atoms with Crippen molar-refractivity contribution in [1.82, 2.24) is 4.90 Å². The first-order chi connectivity index (χ1) is 6.52. The molecule has 0 aliphatic rings. The van der Waals surface area contributed by atoms with Crippen LogP contribution in [0.15, 0.2) is 24.3 Å². The molecule has 0 spiro atoms. The third kappa shape index (κ3) is 2.73. The fourth-order valence-electron chi connectivity index (χ4n) is 1.16. The van der Waals surface area contributed by atoms with Crippen molar-refractivity contribution in [3.8, 4) is 0 Å². The van der Waals surface area contributed by atoms with Crippen molar-refractivity contribution >= 4 is 31.2 Å². The van der Waals surface area contributed by atoms with Crippen LogP contribution in [0.3, 0.4) is 0 Å². The van der Waals surface area contributed by atoms with Crippen LogP contribution in [0.25, 0.3) is 0 Å². The third-order valence-electron chi connectivity index (χ3n) is 2.04. The van der Waals surface area contributed by atoms with Gasteiger partial charge in [0.15, 0.2) is 0 Å². The number of hydrogen-bond donors (Lipinski definition) is 0. The van der Waals surface area contributed by atoms with E-state index < -0.39 is 0 Å². The zero-order valence-electron chi connectivity index (χ0n) is 9.11. The maximum absolute atomic E-state index is 2.16. The maximum atomic E-state index is 2.16. The van der Waals surface area contributed by atoms with E-state index in [4.69, 9.17) is 0 Å². The normalized spacial score (nSPS) is 9.71. The van der Waals surface area contributed by atoms with Gasteiger partial charge in [0, 0.05) is 0 Å². The molecule has 0 heterocycles. The van der Waals surface area contributed by atoms with E-state index >= 15 is 0 Å². The average Bonchev–Trinajstić information content (AvgIpc) is 2.16. The molecule has 0 N–H and O–H groups in total. The van der Waals surface area contributed by atoms with Gasteiger partial charge in [0.05, 0.1) is 0 Å². The van der Waals surface area contributed by atoms with E-state index in [-0.39, 0.29) is 0 Å². The summed E-state index contributed by atoms with van der Waals surface area (Å²) in [6.07, 6.45) is 0. The Labute approximate surface area is 98.9 Å². The summed E-state index contributed by atoms with van der Waals surface area (Å²) < 4.78 is 1.30. The first-order valence-electron chi connectivity index (χ1n) is 4.51. The van der Waals surface area contributed by atoms with Crippen LogP contribution < -0.4 is 4.90 Å². The summed E-state index contributed by atoms with van der Waals surface area (Å²) in [5.74, 6) is 0. The molecule has 0 aromatic heterocycles. The Morgan fingerprint density at radius 1 is 1.00 bits per heavy atom. The van der Waals surface area contributed by atoms with Crippen molar-refractivity contribution in [2.75, 3.05) is 33.1 Å². The quantitative estimate of drug-likeness (QED) is 0.768. The van der Waals surface area contributed by atoms with Crippen LogP contribution in [0.5, 0.6) is 0 Å². The number of benzene rings is 1. The van der Waals surface area contributed by atoms with Gasteiger partial charge >= 0.3 is 99.0 Å². The van der Waals surface area contributed by atoms with Crippen LogP contribution in [0.4, 0.5) is 5.69 Å². The van der Waals surface area contributed by atoms with E-state index in [1.165, 1.54) is 14.9 Å². The Kier molecular flexibility index (Phi) is 3.97. The molecule has 0 saturated heterocycles. The molecule has 0 saturated carbocycles. The van der Waals surface area contributed by atoms with E-state index in [9.17, 15) is 0 Å². The molecule has 76 valence electrons. The summed E-state index contributed by atoms with van der Waals surface area (Å²) in [5.41, 5.74) is 2.52. The molecule has 0 fully saturated rings. The van der Waals surface area contributed by atoms with E-state index in [0.717, 1.165) is 0 Å². The number of nitrogens with zero attached hydrogens (tertiary/aromatic N) is 2. The Bertz CT molecular complexity index is 315. The molecule has 2 nitrogen and oxygen atoms in total. The van der Waals surface area contributed by atoms with E-state index in [1.54, 1.807) is 0 Å². The summed E-state index contributed by atoms with van der Waals surface area (Å²) in [6, 6.07) is 8.61. The monoisotopic (exact) mass is 306 g/mol. The fourth-order valence-corrected chi connectivity index (χ4v) is 1.55. The zero-order chi connectivity index (χ0) is 10.7. The summed E-state index contributed by atoms with van der Waals surface area (Å²) >= 11 is 2.05. The second-order valence-electron chi connectivity index (χ2n) is 3.64. The van der Waals surface area contributed by atoms with E-state index in [0.29, 0.717) is 0 Å². The standard InChI is InChI=1S/C11H16N2Te/c1-12(2)10-7-5-9(6-8-10)11(14)13(3)4/h5-8H,1-4H3. The molecule has 0 aliphatic heterocycles. The summed E-state index contributed by atoms with van der Waals surface area (Å²) in [5, 5.41) is 0. The second-order valence-corrected chi connectivity index (χ2v) is 4.74. The zero-order valence-corrected chi connectivity index (χ0v) is 11.4. The summed E-state index contributed by atoms with van der Waals surface area (Å²) in [4.78, 5) is 4.24. The Morgan fingerprint density at radius 3 is 1.86 bits per heavy atom. The van der Waals surface area contributed by atoms with Crippen LogP contribution in [0, 0.1) is 0 Å². The van der Waals surface area contributed by atoms with Gasteiger partial charge in [-0.15, -0.1) is 0 Å². The van der Waals surface area contributed by atoms with Crippen LogP contribution in [-0.2, 0) is 0 Å². The van der Waals surface area contributed by atoms with Crippen molar-refractivity contribution in [3.63, 3.8) is 0 Å². The van der Waals surface area contributed by atoms with Crippen molar-refractivity contribution in [3.05, 3.63) is 29.8 Å². The van der Waals surface area contributed by atoms with Crippen molar-refractivity contribution in [1.29, 1.82) is 0 Å². The molecule has 0 amide bonds. The van der Waals surface area contributed by atoms with Gasteiger partial charge in [-0.05, 0) is 0 Å². The molecule has 1 rings (SSSR count). The first kappa shape index (κ1) is 11.6. The molecular weight excluding hydrogens is 288 g/mol. The predicted octanol–water partition coefficient (Wildman–Crippen LogP) is 0.961. The summed E-state index contributed by atoms with van der Waals surface area (Å²) in [6.45, 7) is 0. The van der Waals surface area contributed by atoms with Crippen LogP contribution >= 0.6 is 0 Å². The van der Waals surface area contributed by atoms with E-state index in [1.807, 2.05) is 0 Å². The molecule has 1 aromatic carbocycles. The molecule has 14 heavy (non-hydrogen) atoms. The van der Waals surface area contributed by atoms with Gasteiger partial charge in [-0.1, -0.05) is 0 Å². The van der Waals surface area contributed by atoms with Gasteiger partial charge in [0.2, 0.25) is 0 Å². The van der Waals surface area contributed by atoms with Crippen molar-refractivity contribution in [2.45, 2.75) is 0 Å². The molecule has 1 aromatic rings. The predicted molar refractivity (Wildman–Crippen MR) is 64.3 cm³/mol. The molecule has 0 aliphatic carbocycles. The number of anilines is 1. The van der Waals surface area contributed by atoms with Gasteiger partial charge in [0.25, 0.3) is 0 Å². The molecule has 0 unspecified atom stereocenters. The second kappa shape index (κ2) is 4.82. The van der Waals surface area contributed by atoms with Crippen LogP contribution in [-0.4, -0.2) is 58.6 Å². The van der Waals surface area contributed by atoms with Gasteiger partial charge in [-0.25, -0.2) is 0 Å². The Morgan fingerprint density at radius 2 is 1.50 bits per heavy atom. The minimum absolute atomic E-state index is 1.24. The Hall–Kier alpha value is -0.520. The van der Waals surface area contributed by atoms with Crippen LogP contribution in [0.2, 0.25) is 0 Å². The molecule has 3 heteroatoms. The summed E-state index contributed by atoms with van der Waals surface area (Å²) in [7, 11) is 8.24.